The summed E-state index contributed by atoms with van der Waals surface area (Å²) in [7, 11) is 0. The molecule has 6 heteroatoms. The third-order valence-corrected chi connectivity index (χ3v) is 6.34. The van der Waals surface area contributed by atoms with Gasteiger partial charge in [0.2, 0.25) is 5.91 Å². The summed E-state index contributed by atoms with van der Waals surface area (Å²) >= 11 is 0. The number of anilines is 1. The molecule has 1 aliphatic heterocycles. The van der Waals surface area contributed by atoms with Gasteiger partial charge in [-0.05, 0) is 37.1 Å². The first-order chi connectivity index (χ1) is 16.4. The number of hydrogen-bond donors (Lipinski definition) is 1. The molecule has 0 saturated carbocycles. The molecule has 0 spiro atoms. The topological polar surface area (TPSA) is 69.7 Å². The van der Waals surface area contributed by atoms with E-state index in [0.717, 1.165) is 16.8 Å². The minimum atomic E-state index is -0.161. The fraction of sp³-hybridized carbons (Fsp3) is 0.250. The van der Waals surface area contributed by atoms with Crippen LogP contribution in [0.5, 0.6) is 0 Å². The standard InChI is InChI=1S/C28H29N3O3/c1-20-9-8-14-25(21(20)2)29-26(32)19-30-15-17-31(18-16-30)28(34)24-13-7-6-12-23(24)27(33)22-10-4-3-5-11-22/h3-14H,15-19H2,1-2H3,(H,29,32). The Balaban J connectivity index is 1.37. The average molecular weight is 456 g/mol. The van der Waals surface area contributed by atoms with Crippen LogP contribution in [0, 0.1) is 13.8 Å². The minimum Gasteiger partial charge on any atom is -0.336 e. The second kappa shape index (κ2) is 10.4. The number of benzene rings is 3. The lowest BCUT2D eigenvalue weighted by atomic mass is 9.97. The third kappa shape index (κ3) is 5.24. The number of amides is 2. The van der Waals surface area contributed by atoms with Gasteiger partial charge in [-0.25, -0.2) is 0 Å². The van der Waals surface area contributed by atoms with Gasteiger partial charge in [0.05, 0.1) is 12.1 Å². The number of piperazine rings is 1. The molecular weight excluding hydrogens is 426 g/mol. The average Bonchev–Trinajstić information content (AvgIpc) is 2.87. The smallest absolute Gasteiger partial charge is 0.254 e. The van der Waals surface area contributed by atoms with Crippen LogP contribution in [0.1, 0.15) is 37.4 Å². The molecule has 1 saturated heterocycles. The van der Waals surface area contributed by atoms with Crippen molar-refractivity contribution in [3.63, 3.8) is 0 Å². The van der Waals surface area contributed by atoms with E-state index >= 15 is 0 Å². The lowest BCUT2D eigenvalue weighted by molar-refractivity contribution is -0.117. The molecule has 0 aliphatic carbocycles. The molecule has 1 heterocycles. The maximum atomic E-state index is 13.3. The van der Waals surface area contributed by atoms with Crippen molar-refractivity contribution in [2.75, 3.05) is 38.0 Å². The van der Waals surface area contributed by atoms with Crippen LogP contribution in [-0.4, -0.2) is 60.1 Å². The number of carbonyl (C=O) groups is 3. The highest BCUT2D eigenvalue weighted by atomic mass is 16.2. The number of nitrogens with zero attached hydrogens (tertiary/aromatic N) is 2. The summed E-state index contributed by atoms with van der Waals surface area (Å²) in [6.07, 6.45) is 0. The second-order valence-corrected chi connectivity index (χ2v) is 8.60. The van der Waals surface area contributed by atoms with Crippen LogP contribution in [0.3, 0.4) is 0 Å². The SMILES string of the molecule is Cc1cccc(NC(=O)CN2CCN(C(=O)c3ccccc3C(=O)c3ccccc3)CC2)c1C. The van der Waals surface area contributed by atoms with Crippen LogP contribution >= 0.6 is 0 Å². The molecule has 2 amide bonds. The molecular formula is C28H29N3O3. The normalized spacial score (nSPS) is 14.0. The summed E-state index contributed by atoms with van der Waals surface area (Å²) in [6, 6.07) is 21.8. The first-order valence-corrected chi connectivity index (χ1v) is 11.5. The van der Waals surface area contributed by atoms with Crippen LogP contribution in [0.2, 0.25) is 0 Å². The quantitative estimate of drug-likeness (QED) is 0.572. The predicted molar refractivity (Wildman–Crippen MR) is 133 cm³/mol. The Labute approximate surface area is 200 Å². The van der Waals surface area contributed by atoms with Gasteiger partial charge < -0.3 is 10.2 Å². The van der Waals surface area contributed by atoms with E-state index in [9.17, 15) is 14.4 Å². The molecule has 1 aliphatic rings. The van der Waals surface area contributed by atoms with Crippen molar-refractivity contribution in [2.24, 2.45) is 0 Å². The van der Waals surface area contributed by atoms with Crippen molar-refractivity contribution in [1.29, 1.82) is 0 Å². The highest BCUT2D eigenvalue weighted by Crippen LogP contribution is 2.19. The highest BCUT2D eigenvalue weighted by molar-refractivity contribution is 6.15. The fourth-order valence-corrected chi connectivity index (χ4v) is 4.17. The van der Waals surface area contributed by atoms with Gasteiger partial charge >= 0.3 is 0 Å². The first-order valence-electron chi connectivity index (χ1n) is 11.5. The van der Waals surface area contributed by atoms with E-state index in [1.807, 2.05) is 55.1 Å². The van der Waals surface area contributed by atoms with Crippen molar-refractivity contribution in [3.8, 4) is 0 Å². The van der Waals surface area contributed by atoms with Crippen LogP contribution in [0.4, 0.5) is 5.69 Å². The molecule has 1 fully saturated rings. The zero-order chi connectivity index (χ0) is 24.1. The molecule has 34 heavy (non-hydrogen) atoms. The molecule has 0 bridgehead atoms. The number of nitrogens with one attached hydrogen (secondary N) is 1. The molecule has 3 aromatic carbocycles. The van der Waals surface area contributed by atoms with Crippen molar-refractivity contribution in [3.05, 3.63) is 101 Å². The Kier molecular flexibility index (Phi) is 7.18. The number of carbonyl (C=O) groups excluding carboxylic acids is 3. The molecule has 0 atom stereocenters. The maximum absolute atomic E-state index is 13.3. The molecule has 1 N–H and O–H groups in total. The van der Waals surface area contributed by atoms with Crippen molar-refractivity contribution >= 4 is 23.3 Å². The zero-order valence-corrected chi connectivity index (χ0v) is 19.6. The van der Waals surface area contributed by atoms with E-state index in [1.165, 1.54) is 0 Å². The summed E-state index contributed by atoms with van der Waals surface area (Å²) in [5.74, 6) is -0.377. The largest absolute Gasteiger partial charge is 0.336 e. The molecule has 3 aromatic rings. The number of hydrogen-bond acceptors (Lipinski definition) is 4. The van der Waals surface area contributed by atoms with E-state index in [1.54, 1.807) is 41.3 Å². The predicted octanol–water partition coefficient (Wildman–Crippen LogP) is 3.93. The van der Waals surface area contributed by atoms with E-state index in [0.29, 0.717) is 42.9 Å². The van der Waals surface area contributed by atoms with E-state index in [-0.39, 0.29) is 24.1 Å². The second-order valence-electron chi connectivity index (χ2n) is 8.60. The first kappa shape index (κ1) is 23.4. The Morgan fingerprint density at radius 1 is 0.765 bits per heavy atom. The van der Waals surface area contributed by atoms with Crippen LogP contribution < -0.4 is 5.32 Å². The summed E-state index contributed by atoms with van der Waals surface area (Å²) in [6.45, 7) is 6.50. The van der Waals surface area contributed by atoms with Crippen LogP contribution in [-0.2, 0) is 4.79 Å². The molecule has 6 nitrogen and oxygen atoms in total. The van der Waals surface area contributed by atoms with Gasteiger partial charge in [-0.2, -0.15) is 0 Å². The Hall–Kier alpha value is -3.77. The lowest BCUT2D eigenvalue weighted by Crippen LogP contribution is -2.50. The summed E-state index contributed by atoms with van der Waals surface area (Å²) < 4.78 is 0. The Morgan fingerprint density at radius 2 is 1.41 bits per heavy atom. The van der Waals surface area contributed by atoms with Crippen molar-refractivity contribution in [2.45, 2.75) is 13.8 Å². The lowest BCUT2D eigenvalue weighted by Gasteiger charge is -2.34. The van der Waals surface area contributed by atoms with Gasteiger partial charge in [-0.1, -0.05) is 60.7 Å². The third-order valence-electron chi connectivity index (χ3n) is 6.34. The molecule has 0 aromatic heterocycles. The van der Waals surface area contributed by atoms with Crippen molar-refractivity contribution < 1.29 is 14.4 Å². The number of aryl methyl sites for hydroxylation is 1. The van der Waals surface area contributed by atoms with E-state index in [4.69, 9.17) is 0 Å². The van der Waals surface area contributed by atoms with Gasteiger partial charge in [-0.3, -0.25) is 19.3 Å². The molecule has 0 unspecified atom stereocenters. The molecule has 0 radical (unpaired) electrons. The van der Waals surface area contributed by atoms with Gasteiger partial charge in [0, 0.05) is 43.0 Å². The van der Waals surface area contributed by atoms with E-state index < -0.39 is 0 Å². The van der Waals surface area contributed by atoms with Gasteiger partial charge in [0.1, 0.15) is 0 Å². The highest BCUT2D eigenvalue weighted by Gasteiger charge is 2.26. The molecule has 4 rings (SSSR count). The van der Waals surface area contributed by atoms with Crippen molar-refractivity contribution in [1.82, 2.24) is 9.80 Å². The summed E-state index contributed by atoms with van der Waals surface area (Å²) in [5, 5.41) is 3.00. The van der Waals surface area contributed by atoms with Gasteiger partial charge in [0.15, 0.2) is 5.78 Å². The van der Waals surface area contributed by atoms with E-state index in [2.05, 4.69) is 5.32 Å². The van der Waals surface area contributed by atoms with Crippen LogP contribution in [0.15, 0.2) is 72.8 Å². The zero-order valence-electron chi connectivity index (χ0n) is 19.6. The maximum Gasteiger partial charge on any atom is 0.254 e. The number of rotatable bonds is 6. The summed E-state index contributed by atoms with van der Waals surface area (Å²) in [5.41, 5.74) is 4.42. The Bertz CT molecular complexity index is 1200. The van der Waals surface area contributed by atoms with Gasteiger partial charge in [-0.15, -0.1) is 0 Å². The van der Waals surface area contributed by atoms with Crippen LogP contribution in [0.25, 0.3) is 0 Å². The minimum absolute atomic E-state index is 0.0627. The molecule has 174 valence electrons. The number of ketones is 1. The summed E-state index contributed by atoms with van der Waals surface area (Å²) in [4.78, 5) is 42.6. The monoisotopic (exact) mass is 455 g/mol. The van der Waals surface area contributed by atoms with Gasteiger partial charge in [0.25, 0.3) is 5.91 Å². The fourth-order valence-electron chi connectivity index (χ4n) is 4.17. The Morgan fingerprint density at radius 3 is 2.12 bits per heavy atom.